The summed E-state index contributed by atoms with van der Waals surface area (Å²) < 4.78 is 5.57. The SMILES string of the molecule is CCC(O)(CC)CNC(=O)C(C)Oc1ccc(C)cc1. The number of hydrogen-bond acceptors (Lipinski definition) is 3. The van der Waals surface area contributed by atoms with Crippen LogP contribution in [-0.2, 0) is 4.79 Å². The zero-order valence-corrected chi connectivity index (χ0v) is 12.8. The van der Waals surface area contributed by atoms with E-state index in [0.717, 1.165) is 5.56 Å². The molecule has 0 fully saturated rings. The molecule has 1 atom stereocenters. The molecule has 1 unspecified atom stereocenters. The fourth-order valence-electron chi connectivity index (χ4n) is 1.77. The van der Waals surface area contributed by atoms with Crippen molar-refractivity contribution < 1.29 is 14.6 Å². The van der Waals surface area contributed by atoms with Crippen LogP contribution >= 0.6 is 0 Å². The third kappa shape index (κ3) is 4.85. The van der Waals surface area contributed by atoms with Gasteiger partial charge in [0.15, 0.2) is 6.10 Å². The maximum absolute atomic E-state index is 11.9. The molecular formula is C16H25NO3. The van der Waals surface area contributed by atoms with Gasteiger partial charge in [-0.2, -0.15) is 0 Å². The van der Waals surface area contributed by atoms with E-state index in [-0.39, 0.29) is 12.5 Å². The smallest absolute Gasteiger partial charge is 0.260 e. The van der Waals surface area contributed by atoms with E-state index in [1.807, 2.05) is 45.0 Å². The number of carbonyl (C=O) groups is 1. The van der Waals surface area contributed by atoms with Crippen LogP contribution in [0.3, 0.4) is 0 Å². The quantitative estimate of drug-likeness (QED) is 0.806. The lowest BCUT2D eigenvalue weighted by molar-refractivity contribution is -0.128. The normalized spacial score (nSPS) is 12.8. The molecule has 0 saturated carbocycles. The van der Waals surface area contributed by atoms with Gasteiger partial charge in [-0.25, -0.2) is 0 Å². The molecule has 1 aromatic carbocycles. The molecule has 0 spiro atoms. The predicted molar refractivity (Wildman–Crippen MR) is 79.8 cm³/mol. The van der Waals surface area contributed by atoms with Gasteiger partial charge in [-0.1, -0.05) is 31.5 Å². The van der Waals surface area contributed by atoms with Crippen LogP contribution < -0.4 is 10.1 Å². The minimum Gasteiger partial charge on any atom is -0.481 e. The van der Waals surface area contributed by atoms with Crippen LogP contribution in [0.2, 0.25) is 0 Å². The number of hydrogen-bond donors (Lipinski definition) is 2. The average Bonchev–Trinajstić information content (AvgIpc) is 2.46. The van der Waals surface area contributed by atoms with E-state index in [0.29, 0.717) is 18.6 Å². The molecule has 4 nitrogen and oxygen atoms in total. The molecule has 4 heteroatoms. The summed E-state index contributed by atoms with van der Waals surface area (Å²) in [4.78, 5) is 11.9. The minimum atomic E-state index is -0.834. The first-order chi connectivity index (χ1) is 9.40. The van der Waals surface area contributed by atoms with Crippen molar-refractivity contribution in [2.75, 3.05) is 6.54 Å². The topological polar surface area (TPSA) is 58.6 Å². The fourth-order valence-corrected chi connectivity index (χ4v) is 1.77. The molecule has 0 heterocycles. The molecule has 0 saturated heterocycles. The number of aliphatic hydroxyl groups is 1. The number of carbonyl (C=O) groups excluding carboxylic acids is 1. The maximum atomic E-state index is 11.9. The summed E-state index contributed by atoms with van der Waals surface area (Å²) in [6.07, 6.45) is 0.629. The molecule has 112 valence electrons. The first-order valence-corrected chi connectivity index (χ1v) is 7.13. The largest absolute Gasteiger partial charge is 0.481 e. The van der Waals surface area contributed by atoms with Gasteiger partial charge in [-0.05, 0) is 38.8 Å². The molecule has 1 aromatic rings. The van der Waals surface area contributed by atoms with Gasteiger partial charge in [0.25, 0.3) is 5.91 Å². The number of rotatable bonds is 7. The van der Waals surface area contributed by atoms with Crippen molar-refractivity contribution in [1.82, 2.24) is 5.32 Å². The second-order valence-corrected chi connectivity index (χ2v) is 5.22. The molecule has 0 radical (unpaired) electrons. The van der Waals surface area contributed by atoms with Crippen LogP contribution in [0, 0.1) is 6.92 Å². The van der Waals surface area contributed by atoms with Crippen molar-refractivity contribution in [1.29, 1.82) is 0 Å². The second-order valence-electron chi connectivity index (χ2n) is 5.22. The highest BCUT2D eigenvalue weighted by Crippen LogP contribution is 2.15. The zero-order chi connectivity index (χ0) is 15.2. The number of ether oxygens (including phenoxy) is 1. The maximum Gasteiger partial charge on any atom is 0.260 e. The first kappa shape index (κ1) is 16.5. The second kappa shape index (κ2) is 7.29. The highest BCUT2D eigenvalue weighted by Gasteiger charge is 2.24. The summed E-state index contributed by atoms with van der Waals surface area (Å²) in [6, 6.07) is 7.56. The molecule has 0 aliphatic carbocycles. The molecule has 0 bridgehead atoms. The Labute approximate surface area is 121 Å². The van der Waals surface area contributed by atoms with Crippen molar-refractivity contribution in [2.24, 2.45) is 0 Å². The Balaban J connectivity index is 2.49. The lowest BCUT2D eigenvalue weighted by Crippen LogP contribution is -2.46. The van der Waals surface area contributed by atoms with E-state index < -0.39 is 11.7 Å². The molecular weight excluding hydrogens is 254 g/mol. The Hall–Kier alpha value is -1.55. The number of nitrogens with one attached hydrogen (secondary N) is 1. The van der Waals surface area contributed by atoms with Crippen LogP contribution in [0.25, 0.3) is 0 Å². The van der Waals surface area contributed by atoms with Crippen LogP contribution in [-0.4, -0.2) is 29.3 Å². The number of benzene rings is 1. The van der Waals surface area contributed by atoms with Crippen LogP contribution in [0.15, 0.2) is 24.3 Å². The highest BCUT2D eigenvalue weighted by molar-refractivity contribution is 5.80. The van der Waals surface area contributed by atoms with Crippen LogP contribution in [0.1, 0.15) is 39.2 Å². The van der Waals surface area contributed by atoms with E-state index in [1.54, 1.807) is 6.92 Å². The number of aryl methyl sites for hydroxylation is 1. The van der Waals surface area contributed by atoms with Gasteiger partial charge in [0.2, 0.25) is 0 Å². The van der Waals surface area contributed by atoms with E-state index in [4.69, 9.17) is 4.74 Å². The summed E-state index contributed by atoms with van der Waals surface area (Å²) in [5.74, 6) is 0.449. The van der Waals surface area contributed by atoms with Crippen molar-refractivity contribution >= 4 is 5.91 Å². The minimum absolute atomic E-state index is 0.217. The highest BCUT2D eigenvalue weighted by atomic mass is 16.5. The predicted octanol–water partition coefficient (Wildman–Crippen LogP) is 2.43. The van der Waals surface area contributed by atoms with E-state index in [1.165, 1.54) is 0 Å². The van der Waals surface area contributed by atoms with E-state index in [9.17, 15) is 9.90 Å². The Morgan fingerprint density at radius 2 is 1.85 bits per heavy atom. The van der Waals surface area contributed by atoms with Gasteiger partial charge < -0.3 is 15.2 Å². The number of amides is 1. The average molecular weight is 279 g/mol. The summed E-state index contributed by atoms with van der Waals surface area (Å²) in [5.41, 5.74) is 0.310. The van der Waals surface area contributed by atoms with E-state index in [2.05, 4.69) is 5.32 Å². The fraction of sp³-hybridized carbons (Fsp3) is 0.562. The summed E-state index contributed by atoms with van der Waals surface area (Å²) in [5, 5.41) is 12.9. The molecule has 2 N–H and O–H groups in total. The van der Waals surface area contributed by atoms with Gasteiger partial charge in [0, 0.05) is 6.54 Å². The van der Waals surface area contributed by atoms with Crippen molar-refractivity contribution in [3.05, 3.63) is 29.8 Å². The monoisotopic (exact) mass is 279 g/mol. The standard InChI is InChI=1S/C16H25NO3/c1-5-16(19,6-2)11-17-15(18)13(4)20-14-9-7-12(3)8-10-14/h7-10,13,19H,5-6,11H2,1-4H3,(H,17,18). The Bertz CT molecular complexity index is 424. The van der Waals surface area contributed by atoms with Crippen LogP contribution in [0.4, 0.5) is 0 Å². The summed E-state index contributed by atoms with van der Waals surface area (Å²) in [7, 11) is 0. The third-order valence-electron chi connectivity index (χ3n) is 3.61. The molecule has 0 aromatic heterocycles. The third-order valence-corrected chi connectivity index (χ3v) is 3.61. The Morgan fingerprint density at radius 3 is 2.35 bits per heavy atom. The van der Waals surface area contributed by atoms with E-state index >= 15 is 0 Å². The lowest BCUT2D eigenvalue weighted by atomic mass is 9.97. The first-order valence-electron chi connectivity index (χ1n) is 7.13. The van der Waals surface area contributed by atoms with Gasteiger partial charge in [-0.15, -0.1) is 0 Å². The lowest BCUT2D eigenvalue weighted by Gasteiger charge is -2.26. The molecule has 0 aliphatic heterocycles. The van der Waals surface area contributed by atoms with Gasteiger partial charge >= 0.3 is 0 Å². The molecule has 1 rings (SSSR count). The zero-order valence-electron chi connectivity index (χ0n) is 12.8. The van der Waals surface area contributed by atoms with Crippen molar-refractivity contribution in [2.45, 2.75) is 52.2 Å². The molecule has 0 aliphatic rings. The van der Waals surface area contributed by atoms with Gasteiger partial charge in [0.1, 0.15) is 5.75 Å². The Kier molecular flexibility index (Phi) is 6.02. The van der Waals surface area contributed by atoms with Crippen LogP contribution in [0.5, 0.6) is 5.75 Å². The summed E-state index contributed by atoms with van der Waals surface area (Å²) >= 11 is 0. The van der Waals surface area contributed by atoms with Gasteiger partial charge in [0.05, 0.1) is 5.60 Å². The van der Waals surface area contributed by atoms with Gasteiger partial charge in [-0.3, -0.25) is 4.79 Å². The molecule has 1 amide bonds. The van der Waals surface area contributed by atoms with Crippen molar-refractivity contribution in [3.63, 3.8) is 0 Å². The molecule has 20 heavy (non-hydrogen) atoms. The van der Waals surface area contributed by atoms with Crippen molar-refractivity contribution in [3.8, 4) is 5.75 Å². The summed E-state index contributed by atoms with van der Waals surface area (Å²) in [6.45, 7) is 7.76. The Morgan fingerprint density at radius 1 is 1.30 bits per heavy atom.